The number of aromatic hydroxyl groups is 1. The number of rotatable bonds is 2. The first-order chi connectivity index (χ1) is 6.29. The van der Waals surface area contributed by atoms with E-state index in [4.69, 9.17) is 27.4 Å². The van der Waals surface area contributed by atoms with Gasteiger partial charge in [-0.15, -0.1) is 0 Å². The van der Waals surface area contributed by atoms with Gasteiger partial charge in [0.25, 0.3) is 0 Å². The zero-order valence-electron chi connectivity index (χ0n) is 6.67. The third kappa shape index (κ3) is 3.01. The predicted octanol–water partition coefficient (Wildman–Crippen LogP) is 2.25. The molecule has 1 aromatic carbocycles. The lowest BCUT2D eigenvalue weighted by Gasteiger charge is -2.03. The van der Waals surface area contributed by atoms with Gasteiger partial charge in [0.2, 0.25) is 9.05 Å². The third-order valence-electron chi connectivity index (χ3n) is 1.44. The molecule has 0 aliphatic rings. The van der Waals surface area contributed by atoms with Crippen molar-refractivity contribution in [3.63, 3.8) is 0 Å². The second-order valence-corrected chi connectivity index (χ2v) is 5.79. The smallest absolute Gasteiger partial charge is 0.236 e. The molecule has 0 aliphatic heterocycles. The largest absolute Gasteiger partial charge is 0.505 e. The number of benzene rings is 1. The van der Waals surface area contributed by atoms with Gasteiger partial charge >= 0.3 is 0 Å². The Balaban J connectivity index is 3.22. The quantitative estimate of drug-likeness (QED) is 0.829. The van der Waals surface area contributed by atoms with Crippen LogP contribution >= 0.6 is 22.3 Å². The molecule has 78 valence electrons. The summed E-state index contributed by atoms with van der Waals surface area (Å²) in [6.07, 6.45) is 0. The number of hydrogen-bond acceptors (Lipinski definition) is 3. The molecule has 0 amide bonds. The highest BCUT2D eigenvalue weighted by molar-refractivity contribution is 8.13. The van der Waals surface area contributed by atoms with E-state index < -0.39 is 26.4 Å². The molecule has 0 atom stereocenters. The van der Waals surface area contributed by atoms with Crippen molar-refractivity contribution >= 4 is 31.3 Å². The average Bonchev–Trinajstić information content (AvgIpc) is 1.96. The van der Waals surface area contributed by atoms with Crippen LogP contribution in [0, 0.1) is 5.82 Å². The van der Waals surface area contributed by atoms with E-state index in [0.29, 0.717) is 0 Å². The molecule has 0 spiro atoms. The van der Waals surface area contributed by atoms with Gasteiger partial charge < -0.3 is 5.11 Å². The van der Waals surface area contributed by atoms with E-state index >= 15 is 0 Å². The SMILES string of the molecule is O=S(=O)(Cl)Cc1cc(Cl)cc(F)c1O. The molecule has 7 heteroatoms. The highest BCUT2D eigenvalue weighted by Crippen LogP contribution is 2.27. The summed E-state index contributed by atoms with van der Waals surface area (Å²) in [6.45, 7) is 0. The van der Waals surface area contributed by atoms with Crippen molar-refractivity contribution in [3.05, 3.63) is 28.5 Å². The summed E-state index contributed by atoms with van der Waals surface area (Å²) in [5.74, 6) is -2.40. The fourth-order valence-electron chi connectivity index (χ4n) is 0.915. The lowest BCUT2D eigenvalue weighted by molar-refractivity contribution is 0.427. The number of halogens is 3. The van der Waals surface area contributed by atoms with Crippen LogP contribution in [-0.4, -0.2) is 13.5 Å². The van der Waals surface area contributed by atoms with E-state index in [0.717, 1.165) is 12.1 Å². The van der Waals surface area contributed by atoms with Gasteiger partial charge in [-0.2, -0.15) is 0 Å². The van der Waals surface area contributed by atoms with Crippen LogP contribution in [0.15, 0.2) is 12.1 Å². The number of phenols is 1. The lowest BCUT2D eigenvalue weighted by Crippen LogP contribution is -1.96. The fraction of sp³-hybridized carbons (Fsp3) is 0.143. The maximum atomic E-state index is 12.8. The Bertz CT molecular complexity index is 458. The molecular weight excluding hydrogens is 254 g/mol. The number of hydrogen-bond donors (Lipinski definition) is 1. The second kappa shape index (κ2) is 3.92. The Kier molecular flexibility index (Phi) is 3.24. The van der Waals surface area contributed by atoms with Crippen molar-refractivity contribution in [2.45, 2.75) is 5.75 Å². The molecule has 0 saturated carbocycles. The molecular formula is C7H5Cl2FO3S. The van der Waals surface area contributed by atoms with Crippen molar-refractivity contribution in [3.8, 4) is 5.75 Å². The van der Waals surface area contributed by atoms with Gasteiger partial charge in [0, 0.05) is 21.3 Å². The minimum absolute atomic E-state index is 0.00406. The van der Waals surface area contributed by atoms with Crippen molar-refractivity contribution < 1.29 is 17.9 Å². The molecule has 1 rings (SSSR count). The highest BCUT2D eigenvalue weighted by Gasteiger charge is 2.15. The van der Waals surface area contributed by atoms with Gasteiger partial charge in [-0.3, -0.25) is 0 Å². The maximum Gasteiger partial charge on any atom is 0.236 e. The molecule has 0 radical (unpaired) electrons. The second-order valence-electron chi connectivity index (χ2n) is 2.58. The molecule has 14 heavy (non-hydrogen) atoms. The Morgan fingerprint density at radius 3 is 2.50 bits per heavy atom. The zero-order valence-corrected chi connectivity index (χ0v) is 9.00. The van der Waals surface area contributed by atoms with Crippen molar-refractivity contribution in [2.75, 3.05) is 0 Å². The van der Waals surface area contributed by atoms with Crippen LogP contribution in [0.3, 0.4) is 0 Å². The highest BCUT2D eigenvalue weighted by atomic mass is 35.7. The molecule has 0 aliphatic carbocycles. The molecule has 0 bridgehead atoms. The minimum atomic E-state index is -3.85. The average molecular weight is 259 g/mol. The van der Waals surface area contributed by atoms with Gasteiger partial charge in [0.1, 0.15) is 0 Å². The van der Waals surface area contributed by atoms with Crippen molar-refractivity contribution in [1.82, 2.24) is 0 Å². The Hall–Kier alpha value is -0.520. The summed E-state index contributed by atoms with van der Waals surface area (Å²) >= 11 is 5.46. The standard InChI is InChI=1S/C7H5Cl2FO3S/c8-5-1-4(3-14(9,12)13)7(11)6(10)2-5/h1-2,11H,3H2. The van der Waals surface area contributed by atoms with E-state index in [2.05, 4.69) is 0 Å². The van der Waals surface area contributed by atoms with E-state index in [1.165, 1.54) is 0 Å². The summed E-state index contributed by atoms with van der Waals surface area (Å²) < 4.78 is 34.2. The van der Waals surface area contributed by atoms with Crippen LogP contribution < -0.4 is 0 Å². The van der Waals surface area contributed by atoms with E-state index in [-0.39, 0.29) is 10.6 Å². The normalized spacial score (nSPS) is 11.6. The summed E-state index contributed by atoms with van der Waals surface area (Å²) in [4.78, 5) is 0. The lowest BCUT2D eigenvalue weighted by atomic mass is 10.2. The monoisotopic (exact) mass is 258 g/mol. The van der Waals surface area contributed by atoms with Crippen molar-refractivity contribution in [2.24, 2.45) is 0 Å². The van der Waals surface area contributed by atoms with E-state index in [1.807, 2.05) is 0 Å². The molecule has 3 nitrogen and oxygen atoms in total. The van der Waals surface area contributed by atoms with E-state index in [9.17, 15) is 12.8 Å². The minimum Gasteiger partial charge on any atom is -0.505 e. The summed E-state index contributed by atoms with van der Waals surface area (Å²) in [6, 6.07) is 2.02. The van der Waals surface area contributed by atoms with Crippen LogP contribution in [-0.2, 0) is 14.8 Å². The first-order valence-electron chi connectivity index (χ1n) is 3.39. The van der Waals surface area contributed by atoms with Gasteiger partial charge in [0.05, 0.1) is 5.75 Å². The first kappa shape index (κ1) is 11.6. The maximum absolute atomic E-state index is 12.8. The molecule has 0 aromatic heterocycles. The molecule has 1 aromatic rings. The molecule has 0 heterocycles. The van der Waals surface area contributed by atoms with Crippen LogP contribution in [0.1, 0.15) is 5.56 Å². The fourth-order valence-corrected chi connectivity index (χ4v) is 2.09. The van der Waals surface area contributed by atoms with Crippen LogP contribution in [0.5, 0.6) is 5.75 Å². The molecule has 0 unspecified atom stereocenters. The summed E-state index contributed by atoms with van der Waals surface area (Å²) in [5, 5.41) is 9.12. The van der Waals surface area contributed by atoms with Gasteiger partial charge in [-0.25, -0.2) is 12.8 Å². The third-order valence-corrected chi connectivity index (χ3v) is 2.64. The first-order valence-corrected chi connectivity index (χ1v) is 6.24. The predicted molar refractivity (Wildman–Crippen MR) is 51.6 cm³/mol. The van der Waals surface area contributed by atoms with Gasteiger partial charge in [-0.05, 0) is 12.1 Å². The van der Waals surface area contributed by atoms with Crippen LogP contribution in [0.25, 0.3) is 0 Å². The summed E-state index contributed by atoms with van der Waals surface area (Å²) in [5.41, 5.74) is -0.162. The Morgan fingerprint density at radius 1 is 1.43 bits per heavy atom. The van der Waals surface area contributed by atoms with E-state index in [1.54, 1.807) is 0 Å². The van der Waals surface area contributed by atoms with Gasteiger partial charge in [-0.1, -0.05) is 11.6 Å². The molecule has 0 fully saturated rings. The topological polar surface area (TPSA) is 54.4 Å². The Morgan fingerprint density at radius 2 is 2.00 bits per heavy atom. The zero-order chi connectivity index (χ0) is 10.9. The Labute approximate surface area is 89.5 Å². The van der Waals surface area contributed by atoms with Crippen LogP contribution in [0.4, 0.5) is 4.39 Å². The number of phenolic OH excluding ortho intramolecular Hbond substituents is 1. The molecule has 1 N–H and O–H groups in total. The summed E-state index contributed by atoms with van der Waals surface area (Å²) in [7, 11) is 1.09. The van der Waals surface area contributed by atoms with Gasteiger partial charge in [0.15, 0.2) is 11.6 Å². The van der Waals surface area contributed by atoms with Crippen molar-refractivity contribution in [1.29, 1.82) is 0 Å². The molecule has 0 saturated heterocycles. The van der Waals surface area contributed by atoms with Crippen LogP contribution in [0.2, 0.25) is 5.02 Å².